The summed E-state index contributed by atoms with van der Waals surface area (Å²) in [6.07, 6.45) is 1.29. The highest BCUT2D eigenvalue weighted by Gasteiger charge is 2.26. The molecule has 1 saturated heterocycles. The number of aryl methyl sites for hydroxylation is 1. The number of benzene rings is 1. The van der Waals surface area contributed by atoms with E-state index >= 15 is 0 Å². The van der Waals surface area contributed by atoms with Crippen molar-refractivity contribution in [2.24, 2.45) is 11.8 Å². The number of quaternary nitrogens is 1. The maximum Gasteiger partial charge on any atom is 0.279 e. The molecule has 0 aliphatic carbocycles. The van der Waals surface area contributed by atoms with Gasteiger partial charge in [0, 0.05) is 21.1 Å². The van der Waals surface area contributed by atoms with E-state index in [-0.39, 0.29) is 5.91 Å². The van der Waals surface area contributed by atoms with Crippen molar-refractivity contribution < 1.29 is 9.69 Å². The topological polar surface area (TPSA) is 33.5 Å². The van der Waals surface area contributed by atoms with Crippen molar-refractivity contribution in [3.8, 4) is 0 Å². The molecule has 2 atom stereocenters. The molecule has 1 fully saturated rings. The van der Waals surface area contributed by atoms with Crippen LogP contribution in [0.15, 0.2) is 18.2 Å². The maximum atomic E-state index is 12.2. The molecule has 1 aliphatic rings. The summed E-state index contributed by atoms with van der Waals surface area (Å²) in [4.78, 5) is 13.6. The van der Waals surface area contributed by atoms with Crippen molar-refractivity contribution >= 4 is 34.2 Å². The van der Waals surface area contributed by atoms with Crippen LogP contribution in [0, 0.1) is 22.3 Å². The highest BCUT2D eigenvalue weighted by molar-refractivity contribution is 14.1. The number of hydrogen-bond acceptors (Lipinski definition) is 1. The van der Waals surface area contributed by atoms with E-state index < -0.39 is 0 Å². The van der Waals surface area contributed by atoms with E-state index in [0.717, 1.165) is 36.2 Å². The molecule has 1 amide bonds. The quantitative estimate of drug-likeness (QED) is 0.766. The van der Waals surface area contributed by atoms with Gasteiger partial charge in [0.15, 0.2) is 6.54 Å². The highest BCUT2D eigenvalue weighted by atomic mass is 127. The summed E-state index contributed by atoms with van der Waals surface area (Å²) in [5.41, 5.74) is 2.06. The number of halogens is 1. The molecule has 20 heavy (non-hydrogen) atoms. The molecule has 2 N–H and O–H groups in total. The van der Waals surface area contributed by atoms with Crippen LogP contribution in [0.2, 0.25) is 0 Å². The second-order valence-electron chi connectivity index (χ2n) is 6.29. The average molecular weight is 387 g/mol. The number of piperidine rings is 1. The largest absolute Gasteiger partial charge is 0.327 e. The predicted molar refractivity (Wildman–Crippen MR) is 91.0 cm³/mol. The molecule has 3 nitrogen and oxygen atoms in total. The first-order valence-corrected chi connectivity index (χ1v) is 8.41. The Morgan fingerprint density at radius 1 is 1.35 bits per heavy atom. The van der Waals surface area contributed by atoms with E-state index in [0.29, 0.717) is 6.54 Å². The fourth-order valence-electron chi connectivity index (χ4n) is 3.26. The van der Waals surface area contributed by atoms with E-state index in [2.05, 4.69) is 47.8 Å². The molecular formula is C16H24IN2O+. The molecule has 0 spiro atoms. The molecule has 0 bridgehead atoms. The minimum atomic E-state index is 0.130. The minimum Gasteiger partial charge on any atom is -0.327 e. The Hall–Kier alpha value is -0.620. The lowest BCUT2D eigenvalue weighted by Gasteiger charge is -2.31. The fourth-order valence-corrected chi connectivity index (χ4v) is 3.90. The van der Waals surface area contributed by atoms with Crippen LogP contribution in [0.3, 0.4) is 0 Å². The Labute approximate surface area is 135 Å². The Balaban J connectivity index is 1.92. The van der Waals surface area contributed by atoms with Crippen molar-refractivity contribution in [2.45, 2.75) is 27.2 Å². The van der Waals surface area contributed by atoms with E-state index in [1.165, 1.54) is 14.9 Å². The first-order valence-electron chi connectivity index (χ1n) is 7.33. The van der Waals surface area contributed by atoms with Crippen molar-refractivity contribution in [1.29, 1.82) is 0 Å². The third-order valence-electron chi connectivity index (χ3n) is 3.95. The Morgan fingerprint density at radius 2 is 2.00 bits per heavy atom. The molecule has 1 heterocycles. The molecule has 1 aromatic carbocycles. The zero-order valence-electron chi connectivity index (χ0n) is 12.5. The fraction of sp³-hybridized carbons (Fsp3) is 0.562. The first-order chi connectivity index (χ1) is 9.44. The second kappa shape index (κ2) is 6.89. The third kappa shape index (κ3) is 4.45. The van der Waals surface area contributed by atoms with Crippen LogP contribution in [-0.2, 0) is 4.79 Å². The zero-order chi connectivity index (χ0) is 14.7. The molecular weight excluding hydrogens is 363 g/mol. The number of nitrogens with one attached hydrogen (secondary N) is 2. The van der Waals surface area contributed by atoms with Crippen molar-refractivity contribution in [3.63, 3.8) is 0 Å². The molecule has 110 valence electrons. The Morgan fingerprint density at radius 3 is 2.60 bits per heavy atom. The van der Waals surface area contributed by atoms with Crippen LogP contribution in [0.4, 0.5) is 5.69 Å². The summed E-state index contributed by atoms with van der Waals surface area (Å²) in [6.45, 7) is 9.43. The summed E-state index contributed by atoms with van der Waals surface area (Å²) in [6, 6.07) is 6.11. The third-order valence-corrected chi connectivity index (χ3v) is 4.62. The van der Waals surface area contributed by atoms with Crippen molar-refractivity contribution in [1.82, 2.24) is 0 Å². The summed E-state index contributed by atoms with van der Waals surface area (Å²) in [5.74, 6) is 1.58. The van der Waals surface area contributed by atoms with E-state index in [1.807, 2.05) is 19.1 Å². The summed E-state index contributed by atoms with van der Waals surface area (Å²) >= 11 is 2.29. The second-order valence-corrected chi connectivity index (χ2v) is 7.53. The number of amides is 1. The van der Waals surface area contributed by atoms with Gasteiger partial charge in [0.05, 0.1) is 13.1 Å². The Kier molecular flexibility index (Phi) is 5.43. The van der Waals surface area contributed by atoms with E-state index in [1.54, 1.807) is 0 Å². The van der Waals surface area contributed by atoms with Gasteiger partial charge in [-0.1, -0.05) is 13.8 Å². The highest BCUT2D eigenvalue weighted by Crippen LogP contribution is 2.17. The standard InChI is InChI=1S/C16H23IN2O/c1-11-6-12(2)9-19(8-11)10-16(20)18-15-5-4-14(17)7-13(15)3/h4-5,7,11-12H,6,8-10H2,1-3H3,(H,18,20)/p+1/t11-,12-/m0/s1. The van der Waals surface area contributed by atoms with Gasteiger partial charge in [0.25, 0.3) is 5.91 Å². The smallest absolute Gasteiger partial charge is 0.279 e. The maximum absolute atomic E-state index is 12.2. The minimum absolute atomic E-state index is 0.130. The monoisotopic (exact) mass is 387 g/mol. The summed E-state index contributed by atoms with van der Waals surface area (Å²) in [7, 11) is 0. The molecule has 2 rings (SSSR count). The van der Waals surface area contributed by atoms with Gasteiger partial charge < -0.3 is 10.2 Å². The SMILES string of the molecule is Cc1cc(I)ccc1NC(=O)C[NH+]1C[C@@H](C)C[C@H](C)C1. The lowest BCUT2D eigenvalue weighted by Crippen LogP contribution is -3.15. The van der Waals surface area contributed by atoms with Gasteiger partial charge in [-0.15, -0.1) is 0 Å². The number of likely N-dealkylation sites (tertiary alicyclic amines) is 1. The lowest BCUT2D eigenvalue weighted by molar-refractivity contribution is -0.904. The van der Waals surface area contributed by atoms with Crippen LogP contribution in [0.5, 0.6) is 0 Å². The van der Waals surface area contributed by atoms with Gasteiger partial charge in [-0.25, -0.2) is 0 Å². The summed E-state index contributed by atoms with van der Waals surface area (Å²) < 4.78 is 1.20. The molecule has 4 heteroatoms. The van der Waals surface area contributed by atoms with Crippen LogP contribution < -0.4 is 10.2 Å². The van der Waals surface area contributed by atoms with Gasteiger partial charge in [0.2, 0.25) is 0 Å². The number of anilines is 1. The van der Waals surface area contributed by atoms with Crippen LogP contribution in [-0.4, -0.2) is 25.5 Å². The lowest BCUT2D eigenvalue weighted by atomic mass is 9.92. The predicted octanol–water partition coefficient (Wildman–Crippen LogP) is 2.10. The van der Waals surface area contributed by atoms with Gasteiger partial charge >= 0.3 is 0 Å². The average Bonchev–Trinajstić information content (AvgIpc) is 2.31. The van der Waals surface area contributed by atoms with Crippen LogP contribution >= 0.6 is 22.6 Å². The van der Waals surface area contributed by atoms with E-state index in [9.17, 15) is 4.79 Å². The zero-order valence-corrected chi connectivity index (χ0v) is 14.7. The number of carbonyl (C=O) groups excluding carboxylic acids is 1. The normalized spacial score (nSPS) is 26.3. The molecule has 1 aromatic rings. The number of hydrogen-bond donors (Lipinski definition) is 2. The molecule has 1 aliphatic heterocycles. The van der Waals surface area contributed by atoms with Crippen LogP contribution in [0.1, 0.15) is 25.8 Å². The van der Waals surface area contributed by atoms with E-state index in [4.69, 9.17) is 0 Å². The van der Waals surface area contributed by atoms with Crippen LogP contribution in [0.25, 0.3) is 0 Å². The van der Waals surface area contributed by atoms with Crippen molar-refractivity contribution in [2.75, 3.05) is 25.0 Å². The van der Waals surface area contributed by atoms with Gasteiger partial charge in [-0.2, -0.15) is 0 Å². The number of carbonyl (C=O) groups is 1. The summed E-state index contributed by atoms with van der Waals surface area (Å²) in [5, 5.41) is 3.05. The molecule has 0 saturated carbocycles. The first kappa shape index (κ1) is 15.8. The Bertz CT molecular complexity index is 479. The van der Waals surface area contributed by atoms with Gasteiger partial charge in [-0.3, -0.25) is 4.79 Å². The van der Waals surface area contributed by atoms with Crippen molar-refractivity contribution in [3.05, 3.63) is 27.3 Å². The molecule has 0 unspecified atom stereocenters. The van der Waals surface area contributed by atoms with Gasteiger partial charge in [0.1, 0.15) is 0 Å². The van der Waals surface area contributed by atoms with Gasteiger partial charge in [-0.05, 0) is 59.7 Å². The number of rotatable bonds is 3. The molecule has 0 aromatic heterocycles. The molecule has 0 radical (unpaired) electrons.